The van der Waals surface area contributed by atoms with E-state index in [-0.39, 0.29) is 5.82 Å². The Bertz CT molecular complexity index is 435. The van der Waals surface area contributed by atoms with Gasteiger partial charge in [-0.15, -0.1) is 0 Å². The number of likely N-dealkylation sites (N-methyl/N-ethyl adjacent to an activating group) is 1. The van der Waals surface area contributed by atoms with E-state index in [4.69, 9.17) is 0 Å². The Labute approximate surface area is 129 Å². The number of aryl methyl sites for hydroxylation is 1. The van der Waals surface area contributed by atoms with Crippen LogP contribution in [0.3, 0.4) is 0 Å². The predicted octanol–water partition coefficient (Wildman–Crippen LogP) is 4.87. The van der Waals surface area contributed by atoms with Crippen LogP contribution < -0.4 is 5.32 Å². The van der Waals surface area contributed by atoms with Crippen LogP contribution in [0.1, 0.15) is 56.6 Å². The maximum atomic E-state index is 13.2. The molecule has 2 heteroatoms. The minimum Gasteiger partial charge on any atom is -0.316 e. The minimum absolute atomic E-state index is 0.127. The molecule has 1 aromatic carbocycles. The first kappa shape index (κ1) is 16.5. The summed E-state index contributed by atoms with van der Waals surface area (Å²) in [7, 11) is 2.07. The second-order valence-electron chi connectivity index (χ2n) is 6.74. The molecule has 1 fully saturated rings. The van der Waals surface area contributed by atoms with E-state index in [0.29, 0.717) is 6.04 Å². The smallest absolute Gasteiger partial charge is 0.123 e. The summed E-state index contributed by atoms with van der Waals surface area (Å²) in [6.45, 7) is 4.31. The van der Waals surface area contributed by atoms with Crippen LogP contribution in [0, 0.1) is 24.6 Å². The summed E-state index contributed by atoms with van der Waals surface area (Å²) < 4.78 is 13.2. The zero-order chi connectivity index (χ0) is 15.2. The molecule has 0 aliphatic heterocycles. The first-order chi connectivity index (χ1) is 10.1. The highest BCUT2D eigenvalue weighted by atomic mass is 19.1. The van der Waals surface area contributed by atoms with Crippen molar-refractivity contribution in [3.63, 3.8) is 0 Å². The van der Waals surface area contributed by atoms with Crippen LogP contribution in [0.25, 0.3) is 0 Å². The van der Waals surface area contributed by atoms with Crippen molar-refractivity contribution in [1.82, 2.24) is 5.32 Å². The van der Waals surface area contributed by atoms with Crippen molar-refractivity contribution in [1.29, 1.82) is 0 Å². The van der Waals surface area contributed by atoms with Crippen LogP contribution in [0.4, 0.5) is 4.39 Å². The van der Waals surface area contributed by atoms with Crippen molar-refractivity contribution >= 4 is 0 Å². The highest BCUT2D eigenvalue weighted by molar-refractivity contribution is 5.27. The van der Waals surface area contributed by atoms with E-state index < -0.39 is 0 Å². The fraction of sp³-hybridized carbons (Fsp3) is 0.684. The van der Waals surface area contributed by atoms with Crippen LogP contribution in [0.2, 0.25) is 0 Å². The van der Waals surface area contributed by atoms with E-state index in [0.717, 1.165) is 23.8 Å². The van der Waals surface area contributed by atoms with E-state index in [1.807, 2.05) is 13.0 Å². The van der Waals surface area contributed by atoms with Crippen molar-refractivity contribution in [2.75, 3.05) is 7.05 Å². The number of hydrogen-bond donors (Lipinski definition) is 1. The molecule has 0 spiro atoms. The number of hydrogen-bond acceptors (Lipinski definition) is 1. The van der Waals surface area contributed by atoms with Crippen molar-refractivity contribution in [2.24, 2.45) is 11.8 Å². The van der Waals surface area contributed by atoms with Gasteiger partial charge in [-0.1, -0.05) is 38.7 Å². The van der Waals surface area contributed by atoms with Crippen molar-refractivity contribution < 1.29 is 4.39 Å². The summed E-state index contributed by atoms with van der Waals surface area (Å²) in [5.74, 6) is 1.60. The van der Waals surface area contributed by atoms with Gasteiger partial charge in [-0.25, -0.2) is 4.39 Å². The molecular formula is C19H30FN. The fourth-order valence-corrected chi connectivity index (χ4v) is 3.92. The highest BCUT2D eigenvalue weighted by Gasteiger charge is 2.26. The van der Waals surface area contributed by atoms with Gasteiger partial charge in [0.25, 0.3) is 0 Å². The molecule has 0 aromatic heterocycles. The molecule has 0 bridgehead atoms. The molecule has 1 aliphatic rings. The Hall–Kier alpha value is -0.890. The van der Waals surface area contributed by atoms with Gasteiger partial charge in [0.05, 0.1) is 0 Å². The molecule has 118 valence electrons. The average Bonchev–Trinajstić information content (AvgIpc) is 2.48. The number of halogens is 1. The van der Waals surface area contributed by atoms with Gasteiger partial charge in [0.2, 0.25) is 0 Å². The summed E-state index contributed by atoms with van der Waals surface area (Å²) in [4.78, 5) is 0. The van der Waals surface area contributed by atoms with Gasteiger partial charge in [-0.2, -0.15) is 0 Å². The quantitative estimate of drug-likeness (QED) is 0.788. The van der Waals surface area contributed by atoms with Crippen molar-refractivity contribution in [2.45, 2.75) is 64.8 Å². The average molecular weight is 291 g/mol. The molecule has 1 aliphatic carbocycles. The number of benzene rings is 1. The van der Waals surface area contributed by atoms with E-state index >= 15 is 0 Å². The van der Waals surface area contributed by atoms with Gasteiger partial charge < -0.3 is 5.32 Å². The zero-order valence-electron chi connectivity index (χ0n) is 13.8. The number of rotatable bonds is 6. The lowest BCUT2D eigenvalue weighted by Crippen LogP contribution is -2.37. The summed E-state index contributed by atoms with van der Waals surface area (Å²) in [6.07, 6.45) is 9.20. The standard InChI is InChI=1S/C19H30FN/c1-4-5-15-6-8-16(9-7-15)19(21-3)13-17-10-11-18(20)12-14(17)2/h10-12,15-16,19,21H,4-9,13H2,1-3H3. The Morgan fingerprint density at radius 2 is 1.95 bits per heavy atom. The Morgan fingerprint density at radius 3 is 2.52 bits per heavy atom. The third-order valence-corrected chi connectivity index (χ3v) is 5.27. The lowest BCUT2D eigenvalue weighted by molar-refractivity contribution is 0.217. The molecule has 1 unspecified atom stereocenters. The summed E-state index contributed by atoms with van der Waals surface area (Å²) in [5.41, 5.74) is 2.36. The minimum atomic E-state index is -0.127. The maximum Gasteiger partial charge on any atom is 0.123 e. The monoisotopic (exact) mass is 291 g/mol. The van der Waals surface area contributed by atoms with Crippen LogP contribution in [-0.4, -0.2) is 13.1 Å². The van der Waals surface area contributed by atoms with Gasteiger partial charge >= 0.3 is 0 Å². The van der Waals surface area contributed by atoms with E-state index in [1.54, 1.807) is 12.1 Å². The largest absolute Gasteiger partial charge is 0.316 e. The van der Waals surface area contributed by atoms with Crippen LogP contribution in [-0.2, 0) is 6.42 Å². The summed E-state index contributed by atoms with van der Waals surface area (Å²) >= 11 is 0. The topological polar surface area (TPSA) is 12.0 Å². The second kappa shape index (κ2) is 7.93. The van der Waals surface area contributed by atoms with Gasteiger partial charge in [0.15, 0.2) is 0 Å². The third kappa shape index (κ3) is 4.54. The molecule has 0 heterocycles. The normalized spacial score (nSPS) is 24.0. The van der Waals surface area contributed by atoms with Crippen LogP contribution >= 0.6 is 0 Å². The molecule has 21 heavy (non-hydrogen) atoms. The molecule has 1 N–H and O–H groups in total. The van der Waals surface area contributed by atoms with Crippen molar-refractivity contribution in [3.8, 4) is 0 Å². The van der Waals surface area contributed by atoms with E-state index in [2.05, 4.69) is 19.3 Å². The van der Waals surface area contributed by atoms with E-state index in [1.165, 1.54) is 44.1 Å². The van der Waals surface area contributed by atoms with Gasteiger partial charge in [0, 0.05) is 6.04 Å². The Morgan fingerprint density at radius 1 is 1.24 bits per heavy atom. The molecule has 1 aromatic rings. The molecule has 1 saturated carbocycles. The van der Waals surface area contributed by atoms with Crippen LogP contribution in [0.15, 0.2) is 18.2 Å². The maximum absolute atomic E-state index is 13.2. The molecule has 0 saturated heterocycles. The lowest BCUT2D eigenvalue weighted by Gasteiger charge is -2.34. The SMILES string of the molecule is CCCC1CCC(C(Cc2ccc(F)cc2C)NC)CC1. The van der Waals surface area contributed by atoms with Gasteiger partial charge in [0.1, 0.15) is 5.82 Å². The third-order valence-electron chi connectivity index (χ3n) is 5.27. The Kier molecular flexibility index (Phi) is 6.22. The van der Waals surface area contributed by atoms with Crippen LogP contribution in [0.5, 0.6) is 0 Å². The number of nitrogens with one attached hydrogen (secondary N) is 1. The molecular weight excluding hydrogens is 261 g/mol. The highest BCUT2D eigenvalue weighted by Crippen LogP contribution is 2.34. The molecule has 2 rings (SSSR count). The van der Waals surface area contributed by atoms with E-state index in [9.17, 15) is 4.39 Å². The molecule has 0 radical (unpaired) electrons. The summed E-state index contributed by atoms with van der Waals surface area (Å²) in [6, 6.07) is 5.72. The Balaban J connectivity index is 1.94. The summed E-state index contributed by atoms with van der Waals surface area (Å²) in [5, 5.41) is 3.52. The first-order valence-electron chi connectivity index (χ1n) is 8.56. The second-order valence-corrected chi connectivity index (χ2v) is 6.74. The molecule has 1 atom stereocenters. The molecule has 0 amide bonds. The van der Waals surface area contributed by atoms with Gasteiger partial charge in [-0.05, 0) is 68.3 Å². The lowest BCUT2D eigenvalue weighted by atomic mass is 9.75. The fourth-order valence-electron chi connectivity index (χ4n) is 3.92. The first-order valence-corrected chi connectivity index (χ1v) is 8.56. The van der Waals surface area contributed by atoms with Gasteiger partial charge in [-0.3, -0.25) is 0 Å². The molecule has 1 nitrogen and oxygen atoms in total. The van der Waals surface area contributed by atoms with Crippen molar-refractivity contribution in [3.05, 3.63) is 35.1 Å². The zero-order valence-corrected chi connectivity index (χ0v) is 13.8. The predicted molar refractivity (Wildman–Crippen MR) is 88.0 cm³/mol.